The highest BCUT2D eigenvalue weighted by Gasteiger charge is 2.18. The van der Waals surface area contributed by atoms with Crippen LogP contribution in [0.5, 0.6) is 0 Å². The average Bonchev–Trinajstić information content (AvgIpc) is 2.53. The van der Waals surface area contributed by atoms with Gasteiger partial charge < -0.3 is 15.3 Å². The van der Waals surface area contributed by atoms with Gasteiger partial charge in [0.05, 0.1) is 4.92 Å². The van der Waals surface area contributed by atoms with Crippen molar-refractivity contribution in [3.05, 3.63) is 39.9 Å². The van der Waals surface area contributed by atoms with Gasteiger partial charge in [-0.25, -0.2) is 0 Å². The van der Waals surface area contributed by atoms with E-state index in [0.717, 1.165) is 0 Å². The third-order valence-electron chi connectivity index (χ3n) is 3.23. The molecule has 0 aliphatic rings. The molecule has 0 bridgehead atoms. The Balaban J connectivity index is 2.53. The molecule has 1 rings (SSSR count). The lowest BCUT2D eigenvalue weighted by Gasteiger charge is -2.22. The predicted octanol–water partition coefficient (Wildman–Crippen LogP) is 1.28. The minimum atomic E-state index is -1.09. The number of rotatable bonds is 9. The second kappa shape index (κ2) is 9.36. The van der Waals surface area contributed by atoms with Gasteiger partial charge in [0.2, 0.25) is 5.91 Å². The molecule has 0 saturated carbocycles. The van der Waals surface area contributed by atoms with E-state index in [-0.39, 0.29) is 42.6 Å². The van der Waals surface area contributed by atoms with Crippen LogP contribution in [-0.2, 0) is 9.59 Å². The first-order valence-electron chi connectivity index (χ1n) is 7.73. The summed E-state index contributed by atoms with van der Waals surface area (Å²) in [6.45, 7) is 3.73. The maximum Gasteiger partial charge on any atom is 0.323 e. The number of hydrogen-bond acceptors (Lipinski definition) is 5. The minimum absolute atomic E-state index is 0.0290. The van der Waals surface area contributed by atoms with Gasteiger partial charge in [-0.05, 0) is 18.1 Å². The minimum Gasteiger partial charge on any atom is -0.480 e. The molecule has 0 fully saturated rings. The fraction of sp³-hybridized carbons (Fsp3) is 0.438. The molecule has 0 radical (unpaired) electrons. The number of nitrogens with zero attached hydrogens (tertiary/aromatic N) is 2. The lowest BCUT2D eigenvalue weighted by molar-refractivity contribution is -0.384. The van der Waals surface area contributed by atoms with Gasteiger partial charge in [0, 0.05) is 37.2 Å². The number of amides is 2. The summed E-state index contributed by atoms with van der Waals surface area (Å²) < 4.78 is 0. The smallest absolute Gasteiger partial charge is 0.323 e. The molecule has 2 amide bonds. The molecule has 0 spiro atoms. The van der Waals surface area contributed by atoms with Crippen LogP contribution in [0.15, 0.2) is 24.3 Å². The molecule has 2 N–H and O–H groups in total. The molecule has 0 unspecified atom stereocenters. The van der Waals surface area contributed by atoms with Crippen LogP contribution in [0.4, 0.5) is 5.69 Å². The summed E-state index contributed by atoms with van der Waals surface area (Å²) in [5.74, 6) is -1.79. The van der Waals surface area contributed by atoms with Gasteiger partial charge in [-0.3, -0.25) is 24.5 Å². The second-order valence-corrected chi connectivity index (χ2v) is 5.87. The fourth-order valence-corrected chi connectivity index (χ4v) is 2.14. The molecule has 136 valence electrons. The van der Waals surface area contributed by atoms with Gasteiger partial charge >= 0.3 is 5.97 Å². The first-order valence-corrected chi connectivity index (χ1v) is 7.73. The Morgan fingerprint density at radius 1 is 1.24 bits per heavy atom. The van der Waals surface area contributed by atoms with Crippen molar-refractivity contribution in [1.29, 1.82) is 0 Å². The van der Waals surface area contributed by atoms with Crippen molar-refractivity contribution in [3.8, 4) is 0 Å². The van der Waals surface area contributed by atoms with Crippen molar-refractivity contribution in [1.82, 2.24) is 10.2 Å². The van der Waals surface area contributed by atoms with Crippen LogP contribution in [0.2, 0.25) is 0 Å². The van der Waals surface area contributed by atoms with Crippen LogP contribution in [-0.4, -0.2) is 52.3 Å². The zero-order valence-corrected chi connectivity index (χ0v) is 14.1. The molecule has 0 saturated heterocycles. The highest BCUT2D eigenvalue weighted by Crippen LogP contribution is 2.11. The van der Waals surface area contributed by atoms with E-state index in [2.05, 4.69) is 5.32 Å². The number of nitro benzene ring substituents is 1. The van der Waals surface area contributed by atoms with Crippen LogP contribution in [0.3, 0.4) is 0 Å². The maximum absolute atomic E-state index is 12.1. The molecule has 9 nitrogen and oxygen atoms in total. The van der Waals surface area contributed by atoms with E-state index in [4.69, 9.17) is 5.11 Å². The van der Waals surface area contributed by atoms with Crippen LogP contribution in [0.25, 0.3) is 0 Å². The summed E-state index contributed by atoms with van der Waals surface area (Å²) in [6.07, 6.45) is -0.0290. The molecule has 25 heavy (non-hydrogen) atoms. The summed E-state index contributed by atoms with van der Waals surface area (Å²) >= 11 is 0. The van der Waals surface area contributed by atoms with E-state index >= 15 is 0 Å². The lowest BCUT2D eigenvalue weighted by atomic mass is 10.2. The van der Waals surface area contributed by atoms with Gasteiger partial charge in [-0.1, -0.05) is 13.8 Å². The number of non-ortho nitro benzene ring substituents is 1. The number of carbonyl (C=O) groups excluding carboxylic acids is 2. The molecule has 1 aromatic rings. The van der Waals surface area contributed by atoms with Gasteiger partial charge in [0.15, 0.2) is 0 Å². The van der Waals surface area contributed by atoms with Gasteiger partial charge in [-0.15, -0.1) is 0 Å². The number of nitro groups is 1. The maximum atomic E-state index is 12.1. The summed E-state index contributed by atoms with van der Waals surface area (Å²) in [4.78, 5) is 46.1. The van der Waals surface area contributed by atoms with E-state index in [1.165, 1.54) is 29.2 Å². The van der Waals surface area contributed by atoms with E-state index < -0.39 is 16.8 Å². The predicted molar refractivity (Wildman–Crippen MR) is 89.1 cm³/mol. The molecule has 0 aromatic heterocycles. The van der Waals surface area contributed by atoms with Crippen LogP contribution in [0.1, 0.15) is 30.6 Å². The summed E-state index contributed by atoms with van der Waals surface area (Å²) in [7, 11) is 0. The Morgan fingerprint density at radius 3 is 2.32 bits per heavy atom. The molecule has 0 aliphatic heterocycles. The number of carboxylic acid groups (broad SMARTS) is 1. The molecule has 0 heterocycles. The van der Waals surface area contributed by atoms with Crippen molar-refractivity contribution in [2.75, 3.05) is 19.6 Å². The number of carbonyl (C=O) groups is 3. The van der Waals surface area contributed by atoms with Crippen molar-refractivity contribution < 1.29 is 24.4 Å². The Hall–Kier alpha value is -2.97. The molecule has 0 aliphatic carbocycles. The standard InChI is InChI=1S/C16H21N3O6/c1-11(2)9-18(10-15(21)22)14(20)7-8-17-16(23)12-3-5-13(6-4-12)19(24)25/h3-6,11H,7-10H2,1-2H3,(H,17,23)(H,21,22). The van der Waals surface area contributed by atoms with Crippen molar-refractivity contribution in [3.63, 3.8) is 0 Å². The topological polar surface area (TPSA) is 130 Å². The number of nitrogens with one attached hydrogen (secondary N) is 1. The summed E-state index contributed by atoms with van der Waals surface area (Å²) in [5.41, 5.74) is 0.118. The number of carboxylic acids is 1. The van der Waals surface area contributed by atoms with Crippen molar-refractivity contribution in [2.45, 2.75) is 20.3 Å². The van der Waals surface area contributed by atoms with E-state index in [1.54, 1.807) is 0 Å². The summed E-state index contributed by atoms with van der Waals surface area (Å²) in [5, 5.41) is 22.0. The fourth-order valence-electron chi connectivity index (χ4n) is 2.14. The van der Waals surface area contributed by atoms with Crippen molar-refractivity contribution >= 4 is 23.5 Å². The number of hydrogen-bond donors (Lipinski definition) is 2. The van der Waals surface area contributed by atoms with Gasteiger partial charge in [0.25, 0.3) is 11.6 Å². The Morgan fingerprint density at radius 2 is 1.84 bits per heavy atom. The zero-order valence-electron chi connectivity index (χ0n) is 14.1. The molecule has 0 atom stereocenters. The quantitative estimate of drug-likeness (QED) is 0.509. The van der Waals surface area contributed by atoms with E-state index in [1.807, 2.05) is 13.8 Å². The highest BCUT2D eigenvalue weighted by molar-refractivity contribution is 5.94. The average molecular weight is 351 g/mol. The van der Waals surface area contributed by atoms with E-state index in [0.29, 0.717) is 6.54 Å². The van der Waals surface area contributed by atoms with Crippen LogP contribution >= 0.6 is 0 Å². The highest BCUT2D eigenvalue weighted by atomic mass is 16.6. The third kappa shape index (κ3) is 6.98. The Labute approximate surface area is 144 Å². The zero-order chi connectivity index (χ0) is 19.0. The number of benzene rings is 1. The third-order valence-corrected chi connectivity index (χ3v) is 3.23. The number of aliphatic carboxylic acids is 1. The monoisotopic (exact) mass is 351 g/mol. The van der Waals surface area contributed by atoms with Crippen LogP contribution in [0, 0.1) is 16.0 Å². The normalized spacial score (nSPS) is 10.4. The molecule has 9 heteroatoms. The van der Waals surface area contributed by atoms with E-state index in [9.17, 15) is 24.5 Å². The van der Waals surface area contributed by atoms with Crippen molar-refractivity contribution in [2.24, 2.45) is 5.92 Å². The van der Waals surface area contributed by atoms with Crippen LogP contribution < -0.4 is 5.32 Å². The largest absolute Gasteiger partial charge is 0.480 e. The summed E-state index contributed by atoms with van der Waals surface area (Å²) in [6, 6.07) is 5.09. The Kier molecular flexibility index (Phi) is 7.51. The second-order valence-electron chi connectivity index (χ2n) is 5.87. The molecular weight excluding hydrogens is 330 g/mol. The van der Waals surface area contributed by atoms with Gasteiger partial charge in [-0.2, -0.15) is 0 Å². The van der Waals surface area contributed by atoms with Gasteiger partial charge in [0.1, 0.15) is 6.54 Å². The first-order chi connectivity index (χ1) is 11.7. The Bertz CT molecular complexity index is 642. The first kappa shape index (κ1) is 20.1. The SMILES string of the molecule is CC(C)CN(CC(=O)O)C(=O)CCNC(=O)c1ccc([N+](=O)[O-])cc1. The molecular formula is C16H21N3O6. The molecule has 1 aromatic carbocycles. The lowest BCUT2D eigenvalue weighted by Crippen LogP contribution is -2.39.